The van der Waals surface area contributed by atoms with Crippen molar-refractivity contribution in [3.8, 4) is 0 Å². The van der Waals surface area contributed by atoms with Gasteiger partial charge >= 0.3 is 0 Å². The maximum absolute atomic E-state index is 12.2. The lowest BCUT2D eigenvalue weighted by Gasteiger charge is -2.29. The number of rotatable bonds is 7. The van der Waals surface area contributed by atoms with Crippen LogP contribution in [-0.2, 0) is 16.6 Å². The van der Waals surface area contributed by atoms with Crippen LogP contribution >= 0.6 is 0 Å². The van der Waals surface area contributed by atoms with Gasteiger partial charge in [-0.15, -0.1) is 0 Å². The largest absolute Gasteiger partial charge is 0.447 e. The normalized spacial score (nSPS) is 20.8. The van der Waals surface area contributed by atoms with Gasteiger partial charge in [0.2, 0.25) is 5.09 Å². The Bertz CT molecular complexity index is 541. The van der Waals surface area contributed by atoms with Gasteiger partial charge in [-0.1, -0.05) is 6.92 Å². The highest BCUT2D eigenvalue weighted by molar-refractivity contribution is 7.89. The monoisotopic (exact) mass is 315 g/mol. The van der Waals surface area contributed by atoms with Crippen LogP contribution in [-0.4, -0.2) is 46.5 Å². The highest BCUT2D eigenvalue weighted by atomic mass is 32.2. The molecule has 1 aliphatic rings. The molecule has 1 saturated heterocycles. The van der Waals surface area contributed by atoms with E-state index in [4.69, 9.17) is 4.42 Å². The molecule has 120 valence electrons. The fourth-order valence-corrected chi connectivity index (χ4v) is 3.65. The van der Waals surface area contributed by atoms with Crippen molar-refractivity contribution in [1.82, 2.24) is 14.9 Å². The molecular weight excluding hydrogens is 290 g/mol. The molecule has 2 rings (SSSR count). The molecule has 7 heteroatoms. The Balaban J connectivity index is 1.90. The first-order valence-electron chi connectivity index (χ1n) is 7.49. The van der Waals surface area contributed by atoms with Crippen molar-refractivity contribution in [3.05, 3.63) is 17.9 Å². The first kappa shape index (κ1) is 16.5. The van der Waals surface area contributed by atoms with Crippen molar-refractivity contribution in [1.29, 1.82) is 0 Å². The van der Waals surface area contributed by atoms with E-state index in [0.717, 1.165) is 32.5 Å². The van der Waals surface area contributed by atoms with Crippen LogP contribution in [0.3, 0.4) is 0 Å². The molecule has 2 N–H and O–H groups in total. The van der Waals surface area contributed by atoms with Crippen LogP contribution in [0.5, 0.6) is 0 Å². The van der Waals surface area contributed by atoms with Crippen molar-refractivity contribution < 1.29 is 12.8 Å². The molecule has 1 aliphatic heterocycles. The summed E-state index contributed by atoms with van der Waals surface area (Å²) in [5.41, 5.74) is 0. The molecule has 0 spiro atoms. The highest BCUT2D eigenvalue weighted by Crippen LogP contribution is 2.17. The quantitative estimate of drug-likeness (QED) is 0.785. The zero-order valence-electron chi connectivity index (χ0n) is 12.8. The Labute approximate surface area is 126 Å². The average Bonchev–Trinajstić information content (AvgIpc) is 2.93. The third-order valence-corrected chi connectivity index (χ3v) is 5.03. The SMILES string of the molecule is CCNCc1ccc(S(=O)(=O)NCC2CCCN(C)C2)o1. The molecule has 0 amide bonds. The summed E-state index contributed by atoms with van der Waals surface area (Å²) in [6.45, 7) is 5.84. The molecule has 1 aromatic heterocycles. The molecule has 1 unspecified atom stereocenters. The molecule has 0 aliphatic carbocycles. The van der Waals surface area contributed by atoms with Crippen LogP contribution in [0, 0.1) is 5.92 Å². The Morgan fingerprint density at radius 3 is 2.95 bits per heavy atom. The summed E-state index contributed by atoms with van der Waals surface area (Å²) in [7, 11) is -1.47. The fraction of sp³-hybridized carbons (Fsp3) is 0.714. The summed E-state index contributed by atoms with van der Waals surface area (Å²) in [6, 6.07) is 3.22. The van der Waals surface area contributed by atoms with Gasteiger partial charge < -0.3 is 14.6 Å². The van der Waals surface area contributed by atoms with Crippen LogP contribution in [0.25, 0.3) is 0 Å². The van der Waals surface area contributed by atoms with E-state index in [2.05, 4.69) is 22.0 Å². The summed E-state index contributed by atoms with van der Waals surface area (Å²) in [4.78, 5) is 2.24. The maximum Gasteiger partial charge on any atom is 0.273 e. The molecule has 1 aromatic rings. The van der Waals surface area contributed by atoms with E-state index in [-0.39, 0.29) is 5.09 Å². The minimum absolute atomic E-state index is 0.000401. The molecule has 0 aromatic carbocycles. The standard InChI is InChI=1S/C14H25N3O3S/c1-3-15-10-13-6-7-14(20-13)21(18,19)16-9-12-5-4-8-17(2)11-12/h6-7,12,15-16H,3-5,8-11H2,1-2H3. The number of nitrogens with zero attached hydrogens (tertiary/aromatic N) is 1. The second-order valence-corrected chi connectivity index (χ2v) is 7.32. The van der Waals surface area contributed by atoms with E-state index in [1.54, 1.807) is 6.07 Å². The minimum Gasteiger partial charge on any atom is -0.447 e. The van der Waals surface area contributed by atoms with E-state index < -0.39 is 10.0 Å². The van der Waals surface area contributed by atoms with E-state index >= 15 is 0 Å². The lowest BCUT2D eigenvalue weighted by Crippen LogP contribution is -2.39. The summed E-state index contributed by atoms with van der Waals surface area (Å²) in [6.07, 6.45) is 2.19. The predicted octanol–water partition coefficient (Wildman–Crippen LogP) is 1.01. The predicted molar refractivity (Wildman–Crippen MR) is 81.5 cm³/mol. The van der Waals surface area contributed by atoms with Crippen LogP contribution < -0.4 is 10.0 Å². The van der Waals surface area contributed by atoms with Crippen LogP contribution in [0.1, 0.15) is 25.5 Å². The second kappa shape index (κ2) is 7.40. The summed E-state index contributed by atoms with van der Waals surface area (Å²) < 4.78 is 32.5. The molecule has 6 nitrogen and oxygen atoms in total. The molecular formula is C14H25N3O3S. The Morgan fingerprint density at radius 2 is 2.24 bits per heavy atom. The molecule has 0 radical (unpaired) electrons. The molecule has 1 fully saturated rings. The lowest BCUT2D eigenvalue weighted by molar-refractivity contribution is 0.211. The van der Waals surface area contributed by atoms with Crippen molar-refractivity contribution in [3.63, 3.8) is 0 Å². The number of hydrogen-bond donors (Lipinski definition) is 2. The molecule has 1 atom stereocenters. The number of furan rings is 1. The topological polar surface area (TPSA) is 74.6 Å². The van der Waals surface area contributed by atoms with Gasteiger partial charge in [-0.3, -0.25) is 0 Å². The number of piperidine rings is 1. The Hall–Kier alpha value is -0.890. The zero-order valence-corrected chi connectivity index (χ0v) is 13.6. The fourth-order valence-electron chi connectivity index (χ4n) is 2.58. The second-order valence-electron chi connectivity index (χ2n) is 5.62. The molecule has 21 heavy (non-hydrogen) atoms. The van der Waals surface area contributed by atoms with Gasteiger partial charge in [0.05, 0.1) is 6.54 Å². The lowest BCUT2D eigenvalue weighted by atomic mass is 9.99. The number of nitrogens with one attached hydrogen (secondary N) is 2. The minimum atomic E-state index is -3.54. The van der Waals surface area contributed by atoms with Gasteiger partial charge in [0.25, 0.3) is 10.0 Å². The summed E-state index contributed by atoms with van der Waals surface area (Å²) >= 11 is 0. The van der Waals surface area contributed by atoms with Crippen molar-refractivity contribution in [2.24, 2.45) is 5.92 Å². The average molecular weight is 315 g/mol. The van der Waals surface area contributed by atoms with Gasteiger partial charge in [-0.2, -0.15) is 0 Å². The number of sulfonamides is 1. The summed E-state index contributed by atoms with van der Waals surface area (Å²) in [5, 5.41) is 3.10. The van der Waals surface area contributed by atoms with Gasteiger partial charge in [0.15, 0.2) is 0 Å². The van der Waals surface area contributed by atoms with E-state index in [1.807, 2.05) is 6.92 Å². The van der Waals surface area contributed by atoms with Crippen molar-refractivity contribution >= 4 is 10.0 Å². The van der Waals surface area contributed by atoms with Crippen molar-refractivity contribution in [2.45, 2.75) is 31.4 Å². The van der Waals surface area contributed by atoms with E-state index in [9.17, 15) is 8.42 Å². The zero-order chi connectivity index (χ0) is 15.3. The van der Waals surface area contributed by atoms with Gasteiger partial charge in [0.1, 0.15) is 5.76 Å². The smallest absolute Gasteiger partial charge is 0.273 e. The van der Waals surface area contributed by atoms with Gasteiger partial charge in [-0.05, 0) is 51.0 Å². The summed E-state index contributed by atoms with van der Waals surface area (Å²) in [5.74, 6) is 1.00. The third kappa shape index (κ3) is 4.81. The van der Waals surface area contributed by atoms with Gasteiger partial charge in [-0.25, -0.2) is 13.1 Å². The molecule has 0 saturated carbocycles. The maximum atomic E-state index is 12.2. The van der Waals surface area contributed by atoms with Gasteiger partial charge in [0, 0.05) is 13.1 Å². The number of hydrogen-bond acceptors (Lipinski definition) is 5. The van der Waals surface area contributed by atoms with E-state index in [1.165, 1.54) is 6.07 Å². The molecule has 0 bridgehead atoms. The highest BCUT2D eigenvalue weighted by Gasteiger charge is 2.22. The number of likely N-dealkylation sites (tertiary alicyclic amines) is 1. The van der Waals surface area contributed by atoms with E-state index in [0.29, 0.717) is 24.8 Å². The Morgan fingerprint density at radius 1 is 1.43 bits per heavy atom. The Kier molecular flexibility index (Phi) is 5.80. The molecule has 2 heterocycles. The van der Waals surface area contributed by atoms with Crippen LogP contribution in [0.4, 0.5) is 0 Å². The first-order valence-corrected chi connectivity index (χ1v) is 8.97. The van der Waals surface area contributed by atoms with Crippen LogP contribution in [0.2, 0.25) is 0 Å². The van der Waals surface area contributed by atoms with Crippen LogP contribution in [0.15, 0.2) is 21.6 Å². The first-order chi connectivity index (χ1) is 10.0. The third-order valence-electron chi connectivity index (χ3n) is 3.74. The van der Waals surface area contributed by atoms with Crippen molar-refractivity contribution in [2.75, 3.05) is 33.2 Å².